The van der Waals surface area contributed by atoms with Gasteiger partial charge in [0.2, 0.25) is 0 Å². The van der Waals surface area contributed by atoms with Gasteiger partial charge in [-0.1, -0.05) is 19.3 Å². The molecule has 1 saturated carbocycles. The van der Waals surface area contributed by atoms with Crippen molar-refractivity contribution in [2.24, 2.45) is 4.99 Å². The first-order valence-corrected chi connectivity index (χ1v) is 7.98. The molecule has 0 aliphatic heterocycles. The number of methoxy groups -OCH3 is 1. The minimum atomic E-state index is 0. The topological polar surface area (TPSA) is 48.9 Å². The van der Waals surface area contributed by atoms with Crippen molar-refractivity contribution in [2.45, 2.75) is 45.1 Å². The molecule has 0 unspecified atom stereocenters. The number of hydrogen-bond acceptors (Lipinski definition) is 3. The molecule has 1 rings (SSSR count). The van der Waals surface area contributed by atoms with Crippen molar-refractivity contribution in [3.8, 4) is 0 Å². The lowest BCUT2D eigenvalue weighted by molar-refractivity contribution is 0.163. The molecule has 0 aromatic heterocycles. The fraction of sp³-hybridized carbons (Fsp3) is 0.933. The molecule has 2 N–H and O–H groups in total. The van der Waals surface area contributed by atoms with Crippen LogP contribution in [-0.2, 0) is 4.74 Å². The van der Waals surface area contributed by atoms with Gasteiger partial charge in [-0.2, -0.15) is 0 Å². The van der Waals surface area contributed by atoms with Crippen LogP contribution in [0.25, 0.3) is 0 Å². The van der Waals surface area contributed by atoms with Crippen LogP contribution in [0.2, 0.25) is 0 Å². The summed E-state index contributed by atoms with van der Waals surface area (Å²) in [7, 11) is 3.85. The molecule has 0 spiro atoms. The Balaban J connectivity index is 0.00000400. The zero-order chi connectivity index (χ0) is 14.6. The first-order chi connectivity index (χ1) is 9.76. The predicted octanol–water partition coefficient (Wildman–Crippen LogP) is 2.07. The maximum atomic E-state index is 5.08. The number of nitrogens with zero attached hydrogens (tertiary/aromatic N) is 2. The van der Waals surface area contributed by atoms with Crippen molar-refractivity contribution >= 4 is 29.9 Å². The van der Waals surface area contributed by atoms with E-state index in [-0.39, 0.29) is 24.0 Å². The highest BCUT2D eigenvalue weighted by molar-refractivity contribution is 14.0. The fourth-order valence-electron chi connectivity index (χ4n) is 2.45. The number of rotatable bonds is 8. The molecule has 6 heteroatoms. The Labute approximate surface area is 147 Å². The maximum absolute atomic E-state index is 5.08. The molecule has 0 aromatic carbocycles. The zero-order valence-corrected chi connectivity index (χ0v) is 16.2. The second kappa shape index (κ2) is 13.6. The van der Waals surface area contributed by atoms with E-state index in [1.165, 1.54) is 32.1 Å². The number of likely N-dealkylation sites (N-methyl/N-ethyl adjacent to an activating group) is 1. The largest absolute Gasteiger partial charge is 0.383 e. The number of ether oxygens (including phenoxy) is 1. The van der Waals surface area contributed by atoms with Crippen LogP contribution in [0.4, 0.5) is 0 Å². The van der Waals surface area contributed by atoms with Crippen LogP contribution >= 0.6 is 24.0 Å². The molecule has 0 amide bonds. The summed E-state index contributed by atoms with van der Waals surface area (Å²) in [5, 5.41) is 6.91. The molecule has 21 heavy (non-hydrogen) atoms. The molecule has 0 bridgehead atoms. The molecular formula is C15H33IN4O. The Morgan fingerprint density at radius 1 is 1.24 bits per heavy atom. The summed E-state index contributed by atoms with van der Waals surface area (Å²) in [6.45, 7) is 6.55. The third-order valence-electron chi connectivity index (χ3n) is 3.72. The summed E-state index contributed by atoms with van der Waals surface area (Å²) in [5.41, 5.74) is 0. The van der Waals surface area contributed by atoms with Crippen LogP contribution < -0.4 is 10.6 Å². The van der Waals surface area contributed by atoms with E-state index in [2.05, 4.69) is 34.5 Å². The molecule has 0 aromatic rings. The molecule has 5 nitrogen and oxygen atoms in total. The Kier molecular flexibility index (Phi) is 13.5. The Bertz CT molecular complexity index is 270. The fourth-order valence-corrected chi connectivity index (χ4v) is 2.45. The molecule has 0 heterocycles. The monoisotopic (exact) mass is 412 g/mol. The van der Waals surface area contributed by atoms with Gasteiger partial charge in [0.15, 0.2) is 5.96 Å². The summed E-state index contributed by atoms with van der Waals surface area (Å²) in [5.74, 6) is 0.972. The SMILES string of the molecule is CCNC(=NCCN(C)CCOC)NC1CCCCC1.I. The predicted molar refractivity (Wildman–Crippen MR) is 101 cm³/mol. The molecule has 0 radical (unpaired) electrons. The van der Waals surface area contributed by atoms with Gasteiger partial charge in [0.05, 0.1) is 13.2 Å². The van der Waals surface area contributed by atoms with E-state index in [9.17, 15) is 0 Å². The van der Waals surface area contributed by atoms with E-state index in [4.69, 9.17) is 4.74 Å². The van der Waals surface area contributed by atoms with Crippen molar-refractivity contribution in [1.82, 2.24) is 15.5 Å². The first-order valence-electron chi connectivity index (χ1n) is 7.98. The highest BCUT2D eigenvalue weighted by atomic mass is 127. The van der Waals surface area contributed by atoms with E-state index in [0.717, 1.165) is 38.7 Å². The number of aliphatic imine (C=N–C) groups is 1. The van der Waals surface area contributed by atoms with E-state index in [1.54, 1.807) is 7.11 Å². The Hall–Kier alpha value is -0.0800. The number of halogens is 1. The minimum absolute atomic E-state index is 0. The third-order valence-corrected chi connectivity index (χ3v) is 3.72. The Morgan fingerprint density at radius 2 is 1.95 bits per heavy atom. The second-order valence-electron chi connectivity index (χ2n) is 5.54. The van der Waals surface area contributed by atoms with E-state index < -0.39 is 0 Å². The van der Waals surface area contributed by atoms with Gasteiger partial charge in [-0.25, -0.2) is 0 Å². The average Bonchev–Trinajstić information content (AvgIpc) is 2.46. The summed E-state index contributed by atoms with van der Waals surface area (Å²) < 4.78 is 5.08. The first kappa shape index (κ1) is 20.9. The molecule has 0 saturated heterocycles. The van der Waals surface area contributed by atoms with Gasteiger partial charge in [-0.15, -0.1) is 24.0 Å². The molecule has 0 atom stereocenters. The van der Waals surface area contributed by atoms with Crippen molar-refractivity contribution < 1.29 is 4.74 Å². The molecule has 126 valence electrons. The maximum Gasteiger partial charge on any atom is 0.191 e. The Morgan fingerprint density at radius 3 is 2.57 bits per heavy atom. The molecule has 1 aliphatic rings. The van der Waals surface area contributed by atoms with Crippen LogP contribution in [0.1, 0.15) is 39.0 Å². The van der Waals surface area contributed by atoms with Crippen LogP contribution in [0, 0.1) is 0 Å². The number of guanidine groups is 1. The lowest BCUT2D eigenvalue weighted by atomic mass is 9.96. The molecule has 1 fully saturated rings. The van der Waals surface area contributed by atoms with Gasteiger partial charge in [0, 0.05) is 32.8 Å². The van der Waals surface area contributed by atoms with Gasteiger partial charge < -0.3 is 20.3 Å². The van der Waals surface area contributed by atoms with Crippen molar-refractivity contribution in [1.29, 1.82) is 0 Å². The summed E-state index contributed by atoms with van der Waals surface area (Å²) in [4.78, 5) is 6.91. The highest BCUT2D eigenvalue weighted by Crippen LogP contribution is 2.17. The van der Waals surface area contributed by atoms with Crippen LogP contribution in [-0.4, -0.2) is 63.8 Å². The van der Waals surface area contributed by atoms with Gasteiger partial charge in [0.1, 0.15) is 0 Å². The lowest BCUT2D eigenvalue weighted by Crippen LogP contribution is -2.44. The van der Waals surface area contributed by atoms with Crippen molar-refractivity contribution in [3.05, 3.63) is 0 Å². The van der Waals surface area contributed by atoms with E-state index >= 15 is 0 Å². The smallest absolute Gasteiger partial charge is 0.191 e. The van der Waals surface area contributed by atoms with Crippen molar-refractivity contribution in [3.63, 3.8) is 0 Å². The van der Waals surface area contributed by atoms with Crippen LogP contribution in [0.15, 0.2) is 4.99 Å². The van der Waals surface area contributed by atoms with Crippen molar-refractivity contribution in [2.75, 3.05) is 46.9 Å². The van der Waals surface area contributed by atoms with Crippen LogP contribution in [0.5, 0.6) is 0 Å². The van der Waals surface area contributed by atoms with Gasteiger partial charge in [0.25, 0.3) is 0 Å². The van der Waals surface area contributed by atoms with Gasteiger partial charge in [-0.05, 0) is 26.8 Å². The van der Waals surface area contributed by atoms with E-state index in [0.29, 0.717) is 6.04 Å². The quantitative estimate of drug-likeness (QED) is 0.364. The molecule has 1 aliphatic carbocycles. The number of nitrogens with one attached hydrogen (secondary N) is 2. The minimum Gasteiger partial charge on any atom is -0.383 e. The average molecular weight is 412 g/mol. The number of hydrogen-bond donors (Lipinski definition) is 2. The summed E-state index contributed by atoms with van der Waals surface area (Å²) in [6.07, 6.45) is 6.63. The second-order valence-corrected chi connectivity index (χ2v) is 5.54. The molecular weight excluding hydrogens is 379 g/mol. The normalized spacial score (nSPS) is 16.7. The van der Waals surface area contributed by atoms with E-state index in [1.807, 2.05) is 0 Å². The van der Waals surface area contributed by atoms with Gasteiger partial charge in [-0.3, -0.25) is 4.99 Å². The summed E-state index contributed by atoms with van der Waals surface area (Å²) in [6, 6.07) is 0.604. The zero-order valence-electron chi connectivity index (χ0n) is 13.9. The summed E-state index contributed by atoms with van der Waals surface area (Å²) >= 11 is 0. The highest BCUT2D eigenvalue weighted by Gasteiger charge is 2.14. The standard InChI is InChI=1S/C15H32N4O.HI/c1-4-16-15(18-14-8-6-5-7-9-14)17-10-11-19(2)12-13-20-3;/h14H,4-13H2,1-3H3,(H2,16,17,18);1H. The van der Waals surface area contributed by atoms with Crippen LogP contribution in [0.3, 0.4) is 0 Å². The van der Waals surface area contributed by atoms with Gasteiger partial charge >= 0.3 is 0 Å². The lowest BCUT2D eigenvalue weighted by Gasteiger charge is -2.25. The third kappa shape index (κ3) is 10.3.